The molecular formula is C17H32N4. The fourth-order valence-electron chi connectivity index (χ4n) is 4.07. The zero-order chi connectivity index (χ0) is 15.5. The van der Waals surface area contributed by atoms with Crippen LogP contribution in [0.3, 0.4) is 0 Å². The van der Waals surface area contributed by atoms with Gasteiger partial charge < -0.3 is 5.73 Å². The lowest BCUT2D eigenvalue weighted by molar-refractivity contribution is 0.0761. The molecule has 1 atom stereocenters. The summed E-state index contributed by atoms with van der Waals surface area (Å²) < 4.78 is 2.11. The monoisotopic (exact) mass is 292 g/mol. The zero-order valence-corrected chi connectivity index (χ0v) is 14.2. The Morgan fingerprint density at radius 2 is 1.86 bits per heavy atom. The van der Waals surface area contributed by atoms with Gasteiger partial charge in [0.2, 0.25) is 0 Å². The predicted molar refractivity (Wildman–Crippen MR) is 88.4 cm³/mol. The van der Waals surface area contributed by atoms with Gasteiger partial charge in [-0.3, -0.25) is 9.58 Å². The molecule has 120 valence electrons. The van der Waals surface area contributed by atoms with Crippen molar-refractivity contribution in [3.63, 3.8) is 0 Å². The van der Waals surface area contributed by atoms with Gasteiger partial charge in [0.1, 0.15) is 0 Å². The van der Waals surface area contributed by atoms with Gasteiger partial charge in [-0.2, -0.15) is 5.10 Å². The summed E-state index contributed by atoms with van der Waals surface area (Å²) in [5.41, 5.74) is 9.26. The molecule has 1 unspecified atom stereocenters. The summed E-state index contributed by atoms with van der Waals surface area (Å²) >= 11 is 0. The molecule has 1 fully saturated rings. The SMILES string of the molecule is CCn1nc(C)cc1CC(N)C(CC)(CC)N1CCCC1. The van der Waals surface area contributed by atoms with Crippen LogP contribution in [0.1, 0.15) is 57.8 Å². The van der Waals surface area contributed by atoms with Gasteiger partial charge in [-0.15, -0.1) is 0 Å². The second-order valence-corrected chi connectivity index (χ2v) is 6.41. The maximum atomic E-state index is 6.74. The van der Waals surface area contributed by atoms with E-state index in [4.69, 9.17) is 5.73 Å². The highest BCUT2D eigenvalue weighted by atomic mass is 15.3. The number of rotatable bonds is 7. The molecule has 0 aromatic carbocycles. The molecule has 1 aliphatic rings. The van der Waals surface area contributed by atoms with Gasteiger partial charge in [-0.05, 0) is 58.7 Å². The number of likely N-dealkylation sites (tertiary alicyclic amines) is 1. The first-order chi connectivity index (χ1) is 10.1. The summed E-state index contributed by atoms with van der Waals surface area (Å²) in [6.07, 6.45) is 5.82. The molecule has 2 heterocycles. The maximum Gasteiger partial charge on any atom is 0.0596 e. The van der Waals surface area contributed by atoms with Crippen molar-refractivity contribution in [2.75, 3.05) is 13.1 Å². The standard InChI is InChI=1S/C17H32N4/c1-5-17(6-2,20-10-8-9-11-20)16(18)13-15-12-14(4)19-21(15)7-3/h12,16H,5-11,13,18H2,1-4H3. The van der Waals surface area contributed by atoms with Gasteiger partial charge in [0.05, 0.1) is 5.69 Å². The normalized spacial score (nSPS) is 18.3. The Morgan fingerprint density at radius 1 is 1.24 bits per heavy atom. The third kappa shape index (κ3) is 3.16. The highest BCUT2D eigenvalue weighted by Crippen LogP contribution is 2.32. The number of aryl methyl sites for hydroxylation is 2. The fraction of sp³-hybridized carbons (Fsp3) is 0.824. The number of nitrogens with zero attached hydrogens (tertiary/aromatic N) is 3. The van der Waals surface area contributed by atoms with Crippen molar-refractivity contribution in [1.29, 1.82) is 0 Å². The van der Waals surface area contributed by atoms with Crippen LogP contribution in [-0.2, 0) is 13.0 Å². The molecule has 0 spiro atoms. The molecule has 1 aliphatic heterocycles. The largest absolute Gasteiger partial charge is 0.326 e. The molecule has 0 aliphatic carbocycles. The van der Waals surface area contributed by atoms with E-state index in [-0.39, 0.29) is 11.6 Å². The molecule has 2 rings (SSSR count). The van der Waals surface area contributed by atoms with E-state index in [0.29, 0.717) is 0 Å². The molecule has 4 nitrogen and oxygen atoms in total. The highest BCUT2D eigenvalue weighted by Gasteiger charge is 2.40. The minimum absolute atomic E-state index is 0.146. The van der Waals surface area contributed by atoms with Gasteiger partial charge in [0.25, 0.3) is 0 Å². The van der Waals surface area contributed by atoms with Crippen molar-refractivity contribution in [2.24, 2.45) is 5.73 Å². The predicted octanol–water partition coefficient (Wildman–Crippen LogP) is 2.74. The van der Waals surface area contributed by atoms with E-state index >= 15 is 0 Å². The van der Waals surface area contributed by atoms with Crippen molar-refractivity contribution in [2.45, 2.75) is 77.9 Å². The number of hydrogen-bond acceptors (Lipinski definition) is 3. The van der Waals surface area contributed by atoms with Crippen LogP contribution in [0.25, 0.3) is 0 Å². The molecule has 1 aromatic rings. The lowest BCUT2D eigenvalue weighted by atomic mass is 9.81. The van der Waals surface area contributed by atoms with Crippen LogP contribution in [0.15, 0.2) is 6.07 Å². The van der Waals surface area contributed by atoms with E-state index in [1.54, 1.807) is 0 Å². The molecule has 0 amide bonds. The molecule has 0 radical (unpaired) electrons. The summed E-state index contributed by atoms with van der Waals surface area (Å²) in [4.78, 5) is 2.65. The second kappa shape index (κ2) is 6.93. The van der Waals surface area contributed by atoms with E-state index in [2.05, 4.69) is 48.4 Å². The third-order valence-corrected chi connectivity index (χ3v) is 5.36. The molecule has 21 heavy (non-hydrogen) atoms. The average molecular weight is 292 g/mol. The zero-order valence-electron chi connectivity index (χ0n) is 14.2. The lowest BCUT2D eigenvalue weighted by Gasteiger charge is -2.45. The highest BCUT2D eigenvalue weighted by molar-refractivity contribution is 5.13. The molecular weight excluding hydrogens is 260 g/mol. The quantitative estimate of drug-likeness (QED) is 0.840. The molecule has 0 bridgehead atoms. The van der Waals surface area contributed by atoms with Gasteiger partial charge in [-0.25, -0.2) is 0 Å². The smallest absolute Gasteiger partial charge is 0.0596 e. The first kappa shape index (κ1) is 16.5. The molecule has 4 heteroatoms. The van der Waals surface area contributed by atoms with Gasteiger partial charge >= 0.3 is 0 Å². The van der Waals surface area contributed by atoms with Crippen LogP contribution < -0.4 is 5.73 Å². The minimum atomic E-state index is 0.146. The Kier molecular flexibility index (Phi) is 5.44. The summed E-state index contributed by atoms with van der Waals surface area (Å²) in [6.45, 7) is 12.1. The molecule has 1 saturated heterocycles. The lowest BCUT2D eigenvalue weighted by Crippen LogP contribution is -2.59. The van der Waals surface area contributed by atoms with Crippen LogP contribution >= 0.6 is 0 Å². The van der Waals surface area contributed by atoms with E-state index in [1.807, 2.05) is 0 Å². The number of aromatic nitrogens is 2. The van der Waals surface area contributed by atoms with Crippen molar-refractivity contribution in [1.82, 2.24) is 14.7 Å². The fourth-order valence-corrected chi connectivity index (χ4v) is 4.07. The Hall–Kier alpha value is -0.870. The van der Waals surface area contributed by atoms with Crippen LogP contribution in [0, 0.1) is 6.92 Å². The molecule has 2 N–H and O–H groups in total. The summed E-state index contributed by atoms with van der Waals surface area (Å²) in [6, 6.07) is 2.37. The average Bonchev–Trinajstić information content (AvgIpc) is 3.11. The minimum Gasteiger partial charge on any atom is -0.326 e. The summed E-state index contributed by atoms with van der Waals surface area (Å²) in [5.74, 6) is 0. The van der Waals surface area contributed by atoms with Crippen molar-refractivity contribution < 1.29 is 0 Å². The van der Waals surface area contributed by atoms with Crippen LogP contribution in [-0.4, -0.2) is 39.4 Å². The van der Waals surface area contributed by atoms with Gasteiger partial charge in [-0.1, -0.05) is 13.8 Å². The van der Waals surface area contributed by atoms with Crippen molar-refractivity contribution in [3.8, 4) is 0 Å². The maximum absolute atomic E-state index is 6.74. The topological polar surface area (TPSA) is 47.1 Å². The second-order valence-electron chi connectivity index (χ2n) is 6.41. The van der Waals surface area contributed by atoms with Gasteiger partial charge in [0, 0.05) is 30.2 Å². The molecule has 0 saturated carbocycles. The Balaban J connectivity index is 2.19. The Morgan fingerprint density at radius 3 is 2.38 bits per heavy atom. The first-order valence-electron chi connectivity index (χ1n) is 8.61. The first-order valence-corrected chi connectivity index (χ1v) is 8.61. The number of nitrogens with two attached hydrogens (primary N) is 1. The Labute approximate surface area is 129 Å². The Bertz CT molecular complexity index is 442. The van der Waals surface area contributed by atoms with Crippen molar-refractivity contribution >= 4 is 0 Å². The van der Waals surface area contributed by atoms with E-state index in [0.717, 1.165) is 31.5 Å². The van der Waals surface area contributed by atoms with Crippen LogP contribution in [0.2, 0.25) is 0 Å². The van der Waals surface area contributed by atoms with E-state index in [9.17, 15) is 0 Å². The van der Waals surface area contributed by atoms with E-state index in [1.165, 1.54) is 31.6 Å². The third-order valence-electron chi connectivity index (χ3n) is 5.36. The van der Waals surface area contributed by atoms with E-state index < -0.39 is 0 Å². The summed E-state index contributed by atoms with van der Waals surface area (Å²) in [7, 11) is 0. The van der Waals surface area contributed by atoms with Crippen molar-refractivity contribution in [3.05, 3.63) is 17.5 Å². The van der Waals surface area contributed by atoms with Gasteiger partial charge in [0.15, 0.2) is 0 Å². The van der Waals surface area contributed by atoms with Crippen LogP contribution in [0.5, 0.6) is 0 Å². The van der Waals surface area contributed by atoms with Crippen LogP contribution in [0.4, 0.5) is 0 Å². The number of hydrogen-bond donors (Lipinski definition) is 1. The summed E-state index contributed by atoms with van der Waals surface area (Å²) in [5, 5.41) is 4.56. The molecule has 1 aromatic heterocycles.